The van der Waals surface area contributed by atoms with Gasteiger partial charge in [0.05, 0.1) is 4.47 Å². The number of hydrogen-bond acceptors (Lipinski definition) is 2. The number of benzene rings is 1. The van der Waals surface area contributed by atoms with Crippen molar-refractivity contribution in [1.82, 2.24) is 5.32 Å². The molecule has 1 aromatic carbocycles. The Morgan fingerprint density at radius 3 is 2.89 bits per heavy atom. The van der Waals surface area contributed by atoms with Gasteiger partial charge in [0.2, 0.25) is 0 Å². The number of hydrogen-bond donors (Lipinski definition) is 1. The highest BCUT2D eigenvalue weighted by molar-refractivity contribution is 9.10. The number of thioether (sulfide) groups is 1. The van der Waals surface area contributed by atoms with Crippen molar-refractivity contribution < 1.29 is 4.39 Å². The first-order chi connectivity index (χ1) is 9.05. The van der Waals surface area contributed by atoms with Crippen molar-refractivity contribution in [3.63, 3.8) is 0 Å². The maximum Gasteiger partial charge on any atom is 0.137 e. The first-order valence-electron chi connectivity index (χ1n) is 6.86. The van der Waals surface area contributed by atoms with Crippen LogP contribution in [0.5, 0.6) is 0 Å². The zero-order valence-electron chi connectivity index (χ0n) is 11.5. The predicted octanol–water partition coefficient (Wildman–Crippen LogP) is 4.39. The Morgan fingerprint density at radius 2 is 2.32 bits per heavy atom. The highest BCUT2D eigenvalue weighted by Gasteiger charge is 2.37. The number of likely N-dealkylation sites (N-methyl/N-ethyl adjacent to an activating group) is 1. The monoisotopic (exact) mass is 345 g/mol. The smallest absolute Gasteiger partial charge is 0.137 e. The van der Waals surface area contributed by atoms with Crippen molar-refractivity contribution in [2.75, 3.05) is 12.3 Å². The molecule has 1 aromatic rings. The van der Waals surface area contributed by atoms with Crippen LogP contribution in [-0.2, 0) is 6.42 Å². The van der Waals surface area contributed by atoms with E-state index in [0.717, 1.165) is 13.0 Å². The van der Waals surface area contributed by atoms with Crippen LogP contribution in [0, 0.1) is 5.82 Å². The van der Waals surface area contributed by atoms with E-state index in [-0.39, 0.29) is 5.82 Å². The highest BCUT2D eigenvalue weighted by atomic mass is 79.9. The Balaban J connectivity index is 2.13. The van der Waals surface area contributed by atoms with Gasteiger partial charge in [-0.25, -0.2) is 4.39 Å². The number of halogens is 2. The third-order valence-corrected chi connectivity index (χ3v) is 6.11. The molecule has 0 saturated carbocycles. The summed E-state index contributed by atoms with van der Waals surface area (Å²) in [6.45, 7) is 5.48. The molecule has 2 atom stereocenters. The van der Waals surface area contributed by atoms with E-state index in [1.54, 1.807) is 6.07 Å². The molecule has 2 rings (SSSR count). The van der Waals surface area contributed by atoms with E-state index in [1.165, 1.54) is 24.2 Å². The zero-order valence-corrected chi connectivity index (χ0v) is 13.9. The minimum absolute atomic E-state index is 0.190. The Kier molecular flexibility index (Phi) is 5.32. The van der Waals surface area contributed by atoms with Gasteiger partial charge in [0, 0.05) is 10.8 Å². The van der Waals surface area contributed by atoms with Gasteiger partial charge in [-0.05, 0) is 72.1 Å². The second-order valence-electron chi connectivity index (χ2n) is 5.33. The molecule has 0 amide bonds. The van der Waals surface area contributed by atoms with Crippen LogP contribution in [0.15, 0.2) is 22.7 Å². The van der Waals surface area contributed by atoms with Gasteiger partial charge >= 0.3 is 0 Å². The lowest BCUT2D eigenvalue weighted by Gasteiger charge is -2.34. The fourth-order valence-corrected chi connectivity index (χ4v) is 4.57. The molecule has 1 fully saturated rings. The van der Waals surface area contributed by atoms with Gasteiger partial charge in [-0.15, -0.1) is 0 Å². The Bertz CT molecular complexity index is 432. The second kappa shape index (κ2) is 6.59. The van der Waals surface area contributed by atoms with E-state index in [2.05, 4.69) is 46.9 Å². The van der Waals surface area contributed by atoms with E-state index < -0.39 is 0 Å². The molecule has 1 aliphatic heterocycles. The van der Waals surface area contributed by atoms with Crippen LogP contribution in [0.2, 0.25) is 0 Å². The average molecular weight is 346 g/mol. The summed E-state index contributed by atoms with van der Waals surface area (Å²) in [5, 5.41) is 3.62. The molecule has 0 spiro atoms. The summed E-state index contributed by atoms with van der Waals surface area (Å²) in [4.78, 5) is 0. The van der Waals surface area contributed by atoms with Gasteiger partial charge in [-0.2, -0.15) is 11.8 Å². The molecule has 1 nitrogen and oxygen atoms in total. The van der Waals surface area contributed by atoms with Crippen LogP contribution in [0.1, 0.15) is 32.3 Å². The molecule has 1 saturated heterocycles. The molecule has 0 aliphatic carbocycles. The average Bonchev–Trinajstić information content (AvgIpc) is 2.81. The van der Waals surface area contributed by atoms with E-state index in [0.29, 0.717) is 15.3 Å². The third kappa shape index (κ3) is 3.73. The van der Waals surface area contributed by atoms with Gasteiger partial charge in [-0.3, -0.25) is 0 Å². The zero-order chi connectivity index (χ0) is 13.9. The Hall–Kier alpha value is -0.0600. The molecular formula is C15H21BrFNS. The van der Waals surface area contributed by atoms with E-state index in [9.17, 15) is 4.39 Å². The van der Waals surface area contributed by atoms with Gasteiger partial charge in [0.15, 0.2) is 0 Å². The Morgan fingerprint density at radius 1 is 1.53 bits per heavy atom. The largest absolute Gasteiger partial charge is 0.313 e. The molecule has 1 N–H and O–H groups in total. The first kappa shape index (κ1) is 15.3. The molecule has 19 heavy (non-hydrogen) atoms. The molecule has 2 unspecified atom stereocenters. The van der Waals surface area contributed by atoms with E-state index in [1.807, 2.05) is 12.1 Å². The van der Waals surface area contributed by atoms with Crippen LogP contribution in [-0.4, -0.2) is 23.1 Å². The van der Waals surface area contributed by atoms with Crippen LogP contribution >= 0.6 is 27.7 Å². The molecule has 1 aliphatic rings. The predicted molar refractivity (Wildman–Crippen MR) is 85.4 cm³/mol. The van der Waals surface area contributed by atoms with Crippen LogP contribution < -0.4 is 5.32 Å². The molecule has 4 heteroatoms. The fraction of sp³-hybridized carbons (Fsp3) is 0.600. The summed E-state index contributed by atoms with van der Waals surface area (Å²) in [7, 11) is 0. The van der Waals surface area contributed by atoms with Crippen molar-refractivity contribution in [3.05, 3.63) is 34.1 Å². The van der Waals surface area contributed by atoms with E-state index >= 15 is 0 Å². The summed E-state index contributed by atoms with van der Waals surface area (Å²) in [6.07, 6.45) is 3.52. The summed E-state index contributed by atoms with van der Waals surface area (Å²) in [5.74, 6) is 1.07. The molecule has 0 bridgehead atoms. The van der Waals surface area contributed by atoms with Crippen LogP contribution in [0.25, 0.3) is 0 Å². The minimum atomic E-state index is -0.190. The second-order valence-corrected chi connectivity index (χ2v) is 7.81. The summed E-state index contributed by atoms with van der Waals surface area (Å²) in [6, 6.07) is 5.80. The van der Waals surface area contributed by atoms with E-state index in [4.69, 9.17) is 0 Å². The maximum atomic E-state index is 13.3. The first-order valence-corrected chi connectivity index (χ1v) is 8.64. The molecule has 106 valence electrons. The third-order valence-electron chi connectivity index (χ3n) is 3.86. The van der Waals surface area contributed by atoms with Crippen LogP contribution in [0.4, 0.5) is 4.39 Å². The SMILES string of the molecule is CCNC(Cc1ccc(F)c(Br)c1)C1(C)CCCS1. The van der Waals surface area contributed by atoms with Gasteiger partial charge < -0.3 is 5.32 Å². The van der Waals surface area contributed by atoms with Crippen molar-refractivity contribution in [1.29, 1.82) is 0 Å². The van der Waals surface area contributed by atoms with Gasteiger partial charge in [0.25, 0.3) is 0 Å². The van der Waals surface area contributed by atoms with Crippen LogP contribution in [0.3, 0.4) is 0 Å². The van der Waals surface area contributed by atoms with Gasteiger partial charge in [-0.1, -0.05) is 13.0 Å². The van der Waals surface area contributed by atoms with Gasteiger partial charge in [0.1, 0.15) is 5.82 Å². The van der Waals surface area contributed by atoms with Crippen molar-refractivity contribution in [2.24, 2.45) is 0 Å². The molecule has 0 radical (unpaired) electrons. The Labute approximate surface area is 127 Å². The van der Waals surface area contributed by atoms with Crippen molar-refractivity contribution in [2.45, 2.75) is 43.9 Å². The number of rotatable bonds is 5. The topological polar surface area (TPSA) is 12.0 Å². The molecule has 0 aromatic heterocycles. The highest BCUT2D eigenvalue weighted by Crippen LogP contribution is 2.41. The standard InChI is InChI=1S/C15H21BrFNS/c1-3-18-14(15(2)7-4-8-19-15)10-11-5-6-13(17)12(16)9-11/h5-6,9,14,18H,3-4,7-8,10H2,1-2H3. The molecule has 1 heterocycles. The van der Waals surface area contributed by atoms with Crippen molar-refractivity contribution in [3.8, 4) is 0 Å². The summed E-state index contributed by atoms with van der Waals surface area (Å²) >= 11 is 5.34. The lowest BCUT2D eigenvalue weighted by atomic mass is 9.91. The maximum absolute atomic E-state index is 13.3. The lowest BCUT2D eigenvalue weighted by Crippen LogP contribution is -2.46. The minimum Gasteiger partial charge on any atom is -0.313 e. The fourth-order valence-electron chi connectivity index (χ4n) is 2.73. The van der Waals surface area contributed by atoms with Crippen molar-refractivity contribution >= 4 is 27.7 Å². The summed E-state index contributed by atoms with van der Waals surface area (Å²) < 4.78 is 14.2. The normalized spacial score (nSPS) is 24.6. The lowest BCUT2D eigenvalue weighted by molar-refractivity contribution is 0.406. The molecular weight excluding hydrogens is 325 g/mol. The quantitative estimate of drug-likeness (QED) is 0.848. The summed E-state index contributed by atoms with van der Waals surface area (Å²) in [5.41, 5.74) is 1.19. The number of nitrogens with one attached hydrogen (secondary N) is 1.